The zero-order valence-corrected chi connectivity index (χ0v) is 29.9. The van der Waals surface area contributed by atoms with Gasteiger partial charge in [0.15, 0.2) is 0 Å². The Morgan fingerprint density at radius 2 is 0.800 bits per heavy atom. The van der Waals surface area contributed by atoms with Gasteiger partial charge in [0.25, 0.3) is 0 Å². The van der Waals surface area contributed by atoms with Crippen molar-refractivity contribution in [2.45, 2.75) is 0 Å². The van der Waals surface area contributed by atoms with Crippen LogP contribution in [0.1, 0.15) is 11.1 Å². The van der Waals surface area contributed by atoms with Crippen LogP contribution in [-0.2, 0) is 16.8 Å². The third-order valence-electron chi connectivity index (χ3n) is 8.04. The Morgan fingerprint density at radius 1 is 0.436 bits per heavy atom. The van der Waals surface area contributed by atoms with E-state index in [0.717, 1.165) is 11.4 Å². The number of nitrogens with zero attached hydrogens (tertiary/aromatic N) is 8. The summed E-state index contributed by atoms with van der Waals surface area (Å²) in [5, 5.41) is 50.5. The summed E-state index contributed by atoms with van der Waals surface area (Å²) in [6.45, 7) is 0. The molecule has 0 fully saturated rings. The van der Waals surface area contributed by atoms with Crippen LogP contribution < -0.4 is 0 Å². The van der Waals surface area contributed by atoms with Gasteiger partial charge in [-0.05, 0) is 72.8 Å². The number of hydrogen-bond donors (Lipinski definition) is 4. The molecule has 0 saturated carbocycles. The topological polar surface area (TPSA) is 167 Å². The minimum Gasteiger partial charge on any atom is -0.506 e. The summed E-state index contributed by atoms with van der Waals surface area (Å²) < 4.78 is 2.88. The molecular weight excluding hydrogens is 739 g/mol. The molecule has 0 spiro atoms. The molecular formula is C42H32CoN8O4. The van der Waals surface area contributed by atoms with E-state index >= 15 is 0 Å². The molecule has 0 aliphatic heterocycles. The second kappa shape index (κ2) is 17.4. The molecule has 4 heterocycles. The second-order valence-electron chi connectivity index (χ2n) is 11.6. The van der Waals surface area contributed by atoms with E-state index in [2.05, 4.69) is 30.2 Å². The average molecular weight is 772 g/mol. The minimum atomic E-state index is -0.0546. The van der Waals surface area contributed by atoms with E-state index < -0.39 is 0 Å². The summed E-state index contributed by atoms with van der Waals surface area (Å²) in [7, 11) is 0. The Hall–Kier alpha value is -7.35. The smallest absolute Gasteiger partial charge is 0.223 e. The van der Waals surface area contributed by atoms with Crippen LogP contribution >= 0.6 is 0 Å². The van der Waals surface area contributed by atoms with E-state index in [4.69, 9.17) is 0 Å². The van der Waals surface area contributed by atoms with Gasteiger partial charge in [0.05, 0.1) is 33.9 Å². The molecule has 0 bridgehead atoms. The van der Waals surface area contributed by atoms with Crippen molar-refractivity contribution in [3.8, 4) is 57.4 Å². The first-order valence-electron chi connectivity index (χ1n) is 16.7. The fourth-order valence-corrected chi connectivity index (χ4v) is 5.38. The molecule has 4 aromatic heterocycles. The number of aliphatic imine (C=N–C) groups is 2. The Bertz CT molecular complexity index is 2370. The Morgan fingerprint density at radius 3 is 1.16 bits per heavy atom. The molecule has 0 atom stereocenters. The van der Waals surface area contributed by atoms with Crippen LogP contribution in [0.25, 0.3) is 34.2 Å². The van der Waals surface area contributed by atoms with Crippen LogP contribution in [0.3, 0.4) is 0 Å². The molecule has 4 aromatic carbocycles. The molecule has 8 aromatic rings. The van der Waals surface area contributed by atoms with E-state index in [1.807, 2.05) is 97.1 Å². The van der Waals surface area contributed by atoms with E-state index in [-0.39, 0.29) is 40.0 Å². The Balaban J connectivity index is 0.000000184. The average Bonchev–Trinajstić information content (AvgIpc) is 3.74. The van der Waals surface area contributed by atoms with Gasteiger partial charge in [-0.15, -0.1) is 0 Å². The molecule has 273 valence electrons. The Kier molecular flexibility index (Phi) is 11.9. The number of hydrogen-bond acceptors (Lipinski definition) is 10. The van der Waals surface area contributed by atoms with Crippen LogP contribution in [0.2, 0.25) is 0 Å². The maximum absolute atomic E-state index is 10.8. The molecule has 55 heavy (non-hydrogen) atoms. The number of aromatic hydroxyl groups is 4. The number of phenols is 2. The Labute approximate surface area is 326 Å². The molecule has 0 unspecified atom stereocenters. The molecule has 13 heteroatoms. The fraction of sp³-hybridized carbons (Fsp3) is 0. The predicted molar refractivity (Wildman–Crippen MR) is 208 cm³/mol. The molecule has 0 amide bonds. The second-order valence-corrected chi connectivity index (χ2v) is 11.6. The van der Waals surface area contributed by atoms with Crippen molar-refractivity contribution < 1.29 is 37.2 Å². The summed E-state index contributed by atoms with van der Waals surface area (Å²) in [6, 6.07) is 43.1. The molecule has 12 nitrogen and oxygen atoms in total. The minimum absolute atomic E-state index is 0. The first kappa shape index (κ1) is 37.4. The molecule has 0 aliphatic carbocycles. The van der Waals surface area contributed by atoms with Crippen LogP contribution in [0.5, 0.6) is 23.3 Å². The maximum atomic E-state index is 10.8. The van der Waals surface area contributed by atoms with Gasteiger partial charge in [0, 0.05) is 41.6 Å². The van der Waals surface area contributed by atoms with Gasteiger partial charge in [0.1, 0.15) is 34.3 Å². The maximum Gasteiger partial charge on any atom is 0.223 e. The fourth-order valence-electron chi connectivity index (χ4n) is 5.38. The summed E-state index contributed by atoms with van der Waals surface area (Å²) in [5.74, 6) is 0.00759. The van der Waals surface area contributed by atoms with E-state index in [1.165, 1.54) is 21.8 Å². The van der Waals surface area contributed by atoms with Crippen LogP contribution in [0, 0.1) is 0 Å². The standard InChI is InChI=1S/2C21H16N4O2.Co/c2*26-19-12-5-4-10-17(19)23-14-16-20(18-11-6-7-13-22-18)24-25(21(16)27)15-8-2-1-3-9-15;/h2*1-14,26-27H;. The van der Waals surface area contributed by atoms with E-state index in [0.29, 0.717) is 45.3 Å². The van der Waals surface area contributed by atoms with Gasteiger partial charge in [-0.25, -0.2) is 0 Å². The van der Waals surface area contributed by atoms with Crippen LogP contribution in [0.4, 0.5) is 11.4 Å². The SMILES string of the molecule is Oc1ccccc1N=Cc1c(-c2ccccn2)nn(-c2ccccc2)c1O.Oc1ccccc1N=Cc1c(-c2ccccn2)nn(-c2ccccc2)c1O.[Co]. The monoisotopic (exact) mass is 771 g/mol. The first-order valence-corrected chi connectivity index (χ1v) is 16.7. The number of pyridine rings is 2. The third kappa shape index (κ3) is 8.49. The van der Waals surface area contributed by atoms with E-state index in [1.54, 1.807) is 60.9 Å². The molecule has 0 aliphatic rings. The quantitative estimate of drug-likeness (QED) is 0.112. The first-order chi connectivity index (χ1) is 26.5. The summed E-state index contributed by atoms with van der Waals surface area (Å²) >= 11 is 0. The van der Waals surface area contributed by atoms with E-state index in [9.17, 15) is 20.4 Å². The normalized spacial score (nSPS) is 10.9. The van der Waals surface area contributed by atoms with Gasteiger partial charge in [0.2, 0.25) is 11.8 Å². The number of para-hydroxylation sites is 6. The summed E-state index contributed by atoms with van der Waals surface area (Å²) in [6.07, 6.45) is 6.30. The van der Waals surface area contributed by atoms with Crippen molar-refractivity contribution in [2.75, 3.05) is 0 Å². The van der Waals surface area contributed by atoms with Gasteiger partial charge >= 0.3 is 0 Å². The molecule has 0 saturated heterocycles. The number of benzene rings is 4. The largest absolute Gasteiger partial charge is 0.506 e. The van der Waals surface area contributed by atoms with Crippen LogP contribution in [0.15, 0.2) is 168 Å². The van der Waals surface area contributed by atoms with Crippen LogP contribution in [-0.4, -0.2) is 62.4 Å². The number of phenolic OH excluding ortho intramolecular Hbond substituents is 2. The zero-order chi connectivity index (χ0) is 37.3. The zero-order valence-electron chi connectivity index (χ0n) is 28.9. The molecule has 4 N–H and O–H groups in total. The van der Waals surface area contributed by atoms with Gasteiger partial charge in [-0.1, -0.05) is 72.8 Å². The predicted octanol–water partition coefficient (Wildman–Crippen LogP) is 8.19. The molecule has 1 radical (unpaired) electrons. The van der Waals surface area contributed by atoms with Crippen molar-refractivity contribution in [1.82, 2.24) is 29.5 Å². The van der Waals surface area contributed by atoms with Crippen molar-refractivity contribution in [2.24, 2.45) is 9.98 Å². The van der Waals surface area contributed by atoms with Crippen molar-refractivity contribution in [3.63, 3.8) is 0 Å². The third-order valence-corrected chi connectivity index (χ3v) is 8.04. The molecule has 8 rings (SSSR count). The van der Waals surface area contributed by atoms with Gasteiger partial charge < -0.3 is 20.4 Å². The summed E-state index contributed by atoms with van der Waals surface area (Å²) in [4.78, 5) is 17.3. The number of rotatable bonds is 8. The summed E-state index contributed by atoms with van der Waals surface area (Å²) in [5.41, 5.74) is 5.28. The number of aromatic nitrogens is 6. The van der Waals surface area contributed by atoms with Gasteiger partial charge in [-0.2, -0.15) is 19.6 Å². The van der Waals surface area contributed by atoms with Crippen molar-refractivity contribution in [1.29, 1.82) is 0 Å². The van der Waals surface area contributed by atoms with Crippen molar-refractivity contribution in [3.05, 3.63) is 169 Å². The van der Waals surface area contributed by atoms with Crippen molar-refractivity contribution >= 4 is 23.8 Å². The van der Waals surface area contributed by atoms with Gasteiger partial charge in [-0.3, -0.25) is 20.0 Å².